The number of ketones is 2. The monoisotopic (exact) mass is 406 g/mol. The highest BCUT2D eigenvalue weighted by atomic mass is 35.5. The molecule has 1 aliphatic carbocycles. The van der Waals surface area contributed by atoms with Crippen molar-refractivity contribution in [1.82, 2.24) is 5.01 Å². The van der Waals surface area contributed by atoms with Gasteiger partial charge in [0.15, 0.2) is 5.78 Å². The summed E-state index contributed by atoms with van der Waals surface area (Å²) in [4.78, 5) is 37.8. The van der Waals surface area contributed by atoms with Crippen LogP contribution in [0.3, 0.4) is 0 Å². The fourth-order valence-corrected chi connectivity index (χ4v) is 3.32. The summed E-state index contributed by atoms with van der Waals surface area (Å²) in [5.74, 6) is -1.61. The van der Waals surface area contributed by atoms with Crippen molar-refractivity contribution in [3.8, 4) is 0 Å². The van der Waals surface area contributed by atoms with Gasteiger partial charge in [-0.15, -0.1) is 0 Å². The smallest absolute Gasteiger partial charge is 0.430 e. The van der Waals surface area contributed by atoms with Gasteiger partial charge in [-0.1, -0.05) is 24.6 Å². The first kappa shape index (κ1) is 22.1. The van der Waals surface area contributed by atoms with Crippen LogP contribution in [0.1, 0.15) is 62.9 Å². The van der Waals surface area contributed by atoms with Crippen molar-refractivity contribution in [1.29, 1.82) is 0 Å². The van der Waals surface area contributed by atoms with E-state index in [4.69, 9.17) is 16.3 Å². The predicted molar refractivity (Wildman–Crippen MR) is 109 cm³/mol. The number of aryl methyl sites for hydroxylation is 1. The molecular weight excluding hydrogens is 380 g/mol. The van der Waals surface area contributed by atoms with E-state index in [2.05, 4.69) is 5.10 Å². The molecule has 0 spiro atoms. The number of hydrogen-bond donors (Lipinski definition) is 0. The van der Waals surface area contributed by atoms with Crippen LogP contribution >= 0.6 is 11.6 Å². The molecular formula is C21H27ClN2O4. The minimum atomic E-state index is -1.02. The quantitative estimate of drug-likeness (QED) is 0.413. The molecule has 0 bridgehead atoms. The van der Waals surface area contributed by atoms with Gasteiger partial charge in [0.2, 0.25) is 0 Å². The number of hydrogen-bond acceptors (Lipinski definition) is 5. The molecule has 28 heavy (non-hydrogen) atoms. The highest BCUT2D eigenvalue weighted by Gasteiger charge is 2.36. The molecule has 1 aromatic rings. The Kier molecular flexibility index (Phi) is 6.99. The standard InChI is InChI=1S/C21H27ClN2O4/c1-6-13-10-11-14(15(22)12-13)19(26)18-16(8-7-9-17(18)25)23-24(5)20(27)28-21(2,3)4/h10-12,18H,6-9H2,1-5H3/b23-16-. The molecule has 1 fully saturated rings. The maximum atomic E-state index is 13.1. The van der Waals surface area contributed by atoms with E-state index in [0.29, 0.717) is 35.6 Å². The summed E-state index contributed by atoms with van der Waals surface area (Å²) in [6, 6.07) is 5.22. The van der Waals surface area contributed by atoms with E-state index in [1.807, 2.05) is 13.0 Å². The highest BCUT2D eigenvalue weighted by molar-refractivity contribution is 6.36. The largest absolute Gasteiger partial charge is 0.442 e. The zero-order valence-corrected chi connectivity index (χ0v) is 17.8. The van der Waals surface area contributed by atoms with Crippen LogP contribution in [0.4, 0.5) is 4.79 Å². The Hall–Kier alpha value is -2.21. The lowest BCUT2D eigenvalue weighted by molar-refractivity contribution is -0.120. The molecule has 1 atom stereocenters. The summed E-state index contributed by atoms with van der Waals surface area (Å²) in [6.07, 6.45) is 1.50. The summed E-state index contributed by atoms with van der Waals surface area (Å²) in [5.41, 5.74) is 1.00. The molecule has 0 heterocycles. The van der Waals surface area contributed by atoms with E-state index >= 15 is 0 Å². The number of carbonyl (C=O) groups is 3. The third-order valence-corrected chi connectivity index (χ3v) is 4.73. The Morgan fingerprint density at radius 1 is 1.29 bits per heavy atom. The molecule has 1 saturated carbocycles. The molecule has 6 nitrogen and oxygen atoms in total. The van der Waals surface area contributed by atoms with E-state index < -0.39 is 17.6 Å². The van der Waals surface area contributed by atoms with Crippen molar-refractivity contribution in [3.05, 3.63) is 34.3 Å². The SMILES string of the molecule is CCc1ccc(C(=O)C2C(=O)CCC/C2=N/N(C)C(=O)OC(C)(C)C)c(Cl)c1. The normalized spacial score (nSPS) is 18.9. The molecule has 1 aromatic carbocycles. The van der Waals surface area contributed by atoms with Crippen LogP contribution < -0.4 is 0 Å². The van der Waals surface area contributed by atoms with Crippen LogP contribution in [0.15, 0.2) is 23.3 Å². The van der Waals surface area contributed by atoms with Gasteiger partial charge in [-0.25, -0.2) is 9.80 Å². The second-order valence-corrected chi connectivity index (χ2v) is 8.29. The van der Waals surface area contributed by atoms with Crippen LogP contribution in [-0.2, 0) is 16.0 Å². The number of benzene rings is 1. The van der Waals surface area contributed by atoms with Gasteiger partial charge in [0, 0.05) is 19.0 Å². The summed E-state index contributed by atoms with van der Waals surface area (Å²) in [7, 11) is 1.45. The average molecular weight is 407 g/mol. The van der Waals surface area contributed by atoms with Gasteiger partial charge < -0.3 is 4.74 Å². The number of ether oxygens (including phenoxy) is 1. The van der Waals surface area contributed by atoms with Crippen molar-refractivity contribution in [2.45, 2.75) is 59.0 Å². The number of hydrazone groups is 1. The predicted octanol–water partition coefficient (Wildman–Crippen LogP) is 4.68. The van der Waals surface area contributed by atoms with Gasteiger partial charge in [-0.2, -0.15) is 5.10 Å². The number of nitrogens with zero attached hydrogens (tertiary/aromatic N) is 2. The van der Waals surface area contributed by atoms with Crippen molar-refractivity contribution in [2.75, 3.05) is 7.05 Å². The third-order valence-electron chi connectivity index (χ3n) is 4.42. The fourth-order valence-electron chi connectivity index (χ4n) is 3.02. The molecule has 0 saturated heterocycles. The van der Waals surface area contributed by atoms with Crippen LogP contribution in [0, 0.1) is 5.92 Å². The van der Waals surface area contributed by atoms with E-state index in [1.165, 1.54) is 7.05 Å². The lowest BCUT2D eigenvalue weighted by atomic mass is 9.81. The summed E-state index contributed by atoms with van der Waals surface area (Å²) >= 11 is 6.29. The molecule has 1 unspecified atom stereocenters. The summed E-state index contributed by atoms with van der Waals surface area (Å²) in [6.45, 7) is 7.26. The lowest BCUT2D eigenvalue weighted by Crippen LogP contribution is -2.38. The highest BCUT2D eigenvalue weighted by Crippen LogP contribution is 2.27. The second-order valence-electron chi connectivity index (χ2n) is 7.88. The topological polar surface area (TPSA) is 76.0 Å². The number of amides is 1. The number of carbonyl (C=O) groups excluding carboxylic acids is 3. The van der Waals surface area contributed by atoms with E-state index in [-0.39, 0.29) is 11.6 Å². The van der Waals surface area contributed by atoms with E-state index in [1.54, 1.807) is 32.9 Å². The van der Waals surface area contributed by atoms with Crippen LogP contribution in [0.25, 0.3) is 0 Å². The minimum Gasteiger partial charge on any atom is -0.442 e. The first-order valence-electron chi connectivity index (χ1n) is 9.43. The van der Waals surface area contributed by atoms with Crippen molar-refractivity contribution in [3.63, 3.8) is 0 Å². The number of Topliss-reactive ketones (excluding diaryl/α,β-unsaturated/α-hetero) is 2. The Labute approximate surface area is 170 Å². The van der Waals surface area contributed by atoms with Crippen LogP contribution in [0.5, 0.6) is 0 Å². The zero-order valence-electron chi connectivity index (χ0n) is 17.0. The maximum Gasteiger partial charge on any atom is 0.430 e. The number of halogens is 1. The Morgan fingerprint density at radius 3 is 2.54 bits per heavy atom. The molecule has 0 N–H and O–H groups in total. The Bertz CT molecular complexity index is 811. The van der Waals surface area contributed by atoms with Gasteiger partial charge in [0.1, 0.15) is 17.3 Å². The molecule has 0 aliphatic heterocycles. The third kappa shape index (κ3) is 5.41. The molecule has 7 heteroatoms. The summed E-state index contributed by atoms with van der Waals surface area (Å²) in [5, 5.41) is 5.62. The molecule has 1 aliphatic rings. The van der Waals surface area contributed by atoms with Gasteiger partial charge in [0.25, 0.3) is 0 Å². The average Bonchev–Trinajstić information content (AvgIpc) is 2.59. The Balaban J connectivity index is 2.32. The van der Waals surface area contributed by atoms with Crippen molar-refractivity contribution in [2.24, 2.45) is 11.0 Å². The van der Waals surface area contributed by atoms with Crippen LogP contribution in [-0.4, -0.2) is 41.0 Å². The molecule has 152 valence electrons. The number of rotatable bonds is 4. The fraction of sp³-hybridized carbons (Fsp3) is 0.524. The first-order chi connectivity index (χ1) is 13.0. The molecule has 0 radical (unpaired) electrons. The van der Waals surface area contributed by atoms with Gasteiger partial charge in [-0.3, -0.25) is 9.59 Å². The maximum absolute atomic E-state index is 13.1. The van der Waals surface area contributed by atoms with Gasteiger partial charge in [0.05, 0.1) is 10.7 Å². The van der Waals surface area contributed by atoms with Crippen molar-refractivity contribution < 1.29 is 19.1 Å². The van der Waals surface area contributed by atoms with Gasteiger partial charge in [-0.05, 0) is 57.7 Å². The molecule has 1 amide bonds. The van der Waals surface area contributed by atoms with Crippen LogP contribution in [0.2, 0.25) is 5.02 Å². The molecule has 2 rings (SSSR count). The Morgan fingerprint density at radius 2 is 1.96 bits per heavy atom. The molecule has 0 aromatic heterocycles. The van der Waals surface area contributed by atoms with Crippen molar-refractivity contribution >= 4 is 35.0 Å². The lowest BCUT2D eigenvalue weighted by Gasteiger charge is -2.26. The van der Waals surface area contributed by atoms with E-state index in [9.17, 15) is 14.4 Å². The summed E-state index contributed by atoms with van der Waals surface area (Å²) < 4.78 is 5.28. The van der Waals surface area contributed by atoms with Gasteiger partial charge >= 0.3 is 6.09 Å². The minimum absolute atomic E-state index is 0.205. The van der Waals surface area contributed by atoms with E-state index in [0.717, 1.165) is 17.0 Å². The second kappa shape index (κ2) is 8.86. The first-order valence-corrected chi connectivity index (χ1v) is 9.80. The zero-order chi connectivity index (χ0) is 21.1.